The summed E-state index contributed by atoms with van der Waals surface area (Å²) in [5, 5.41) is 2.93. The number of rotatable bonds is 13. The molecule has 1 N–H and O–H groups in total. The van der Waals surface area contributed by atoms with E-state index in [-0.39, 0.29) is 55.9 Å². The molecule has 0 bridgehead atoms. The summed E-state index contributed by atoms with van der Waals surface area (Å²) >= 11 is 3.45. The number of hydrogen-bond donors (Lipinski definition) is 1. The van der Waals surface area contributed by atoms with Crippen molar-refractivity contribution in [1.29, 1.82) is 0 Å². The molecular weight excluding hydrogens is 616 g/mol. The molecule has 1 unspecified atom stereocenters. The molecule has 3 rings (SSSR count). The van der Waals surface area contributed by atoms with Crippen LogP contribution in [-0.4, -0.2) is 50.0 Å². The van der Waals surface area contributed by atoms with Gasteiger partial charge in [0.2, 0.25) is 21.8 Å². The summed E-state index contributed by atoms with van der Waals surface area (Å²) < 4.78 is 54.0. The summed E-state index contributed by atoms with van der Waals surface area (Å²) in [4.78, 5) is 28.8. The number of carbonyl (C=O) groups is 2. The SMILES string of the molecule is CC(C)NC(=O)C(Cc1ccccc1)N(Cc1cccc(Br)c1)C(=O)CCCN(c1ccc(F)c(F)c1)S(C)(=O)=O. The van der Waals surface area contributed by atoms with Gasteiger partial charge in [-0.1, -0.05) is 58.4 Å². The number of benzene rings is 3. The van der Waals surface area contributed by atoms with Crippen LogP contribution in [0.5, 0.6) is 0 Å². The summed E-state index contributed by atoms with van der Waals surface area (Å²) in [5.74, 6) is -2.91. The smallest absolute Gasteiger partial charge is 0.243 e. The van der Waals surface area contributed by atoms with E-state index in [4.69, 9.17) is 0 Å². The van der Waals surface area contributed by atoms with E-state index in [0.717, 1.165) is 38.3 Å². The van der Waals surface area contributed by atoms with Crippen LogP contribution >= 0.6 is 15.9 Å². The van der Waals surface area contributed by atoms with Crippen molar-refractivity contribution in [1.82, 2.24) is 10.2 Å². The second-order valence-electron chi connectivity index (χ2n) is 10.1. The number of anilines is 1. The van der Waals surface area contributed by atoms with Crippen molar-refractivity contribution in [2.75, 3.05) is 17.1 Å². The van der Waals surface area contributed by atoms with Crippen LogP contribution in [0.4, 0.5) is 14.5 Å². The molecule has 7 nitrogen and oxygen atoms in total. The molecule has 220 valence electrons. The second-order valence-corrected chi connectivity index (χ2v) is 12.9. The third-order valence-corrected chi connectivity index (χ3v) is 7.97. The first-order valence-corrected chi connectivity index (χ1v) is 15.8. The molecule has 0 radical (unpaired) electrons. The van der Waals surface area contributed by atoms with Crippen LogP contribution in [0.3, 0.4) is 0 Å². The lowest BCUT2D eigenvalue weighted by Gasteiger charge is -2.32. The molecule has 11 heteroatoms. The highest BCUT2D eigenvalue weighted by molar-refractivity contribution is 9.10. The van der Waals surface area contributed by atoms with Crippen molar-refractivity contribution in [3.63, 3.8) is 0 Å². The van der Waals surface area contributed by atoms with Crippen LogP contribution in [0.15, 0.2) is 77.3 Å². The van der Waals surface area contributed by atoms with Crippen molar-refractivity contribution in [3.8, 4) is 0 Å². The van der Waals surface area contributed by atoms with Crippen LogP contribution in [0, 0.1) is 11.6 Å². The Labute approximate surface area is 248 Å². The fourth-order valence-corrected chi connectivity index (χ4v) is 5.81. The Kier molecular flexibility index (Phi) is 11.4. The van der Waals surface area contributed by atoms with Crippen LogP contribution in [0.2, 0.25) is 0 Å². The van der Waals surface area contributed by atoms with Crippen molar-refractivity contribution >= 4 is 43.5 Å². The molecule has 41 heavy (non-hydrogen) atoms. The third-order valence-electron chi connectivity index (χ3n) is 6.29. The molecule has 3 aromatic rings. The number of amides is 2. The van der Waals surface area contributed by atoms with Gasteiger partial charge in [0.15, 0.2) is 11.6 Å². The van der Waals surface area contributed by atoms with Gasteiger partial charge in [-0.25, -0.2) is 17.2 Å². The van der Waals surface area contributed by atoms with E-state index in [9.17, 15) is 26.8 Å². The summed E-state index contributed by atoms with van der Waals surface area (Å²) in [6.45, 7) is 3.70. The van der Waals surface area contributed by atoms with E-state index < -0.39 is 27.7 Å². The Morgan fingerprint density at radius 3 is 2.22 bits per heavy atom. The molecule has 0 spiro atoms. The van der Waals surface area contributed by atoms with Gasteiger partial charge in [0.25, 0.3) is 0 Å². The standard InChI is InChI=1S/C30H34BrF2N3O4S/c1-21(2)34-30(38)28(18-22-9-5-4-6-10-22)35(20-23-11-7-12-24(31)17-23)29(37)13-8-16-36(41(3,39)40)25-14-15-26(32)27(33)19-25/h4-7,9-12,14-15,17,19,21,28H,8,13,16,18,20H2,1-3H3,(H,34,38). The predicted octanol–water partition coefficient (Wildman–Crippen LogP) is 5.44. The largest absolute Gasteiger partial charge is 0.352 e. The van der Waals surface area contributed by atoms with Crippen molar-refractivity contribution in [2.45, 2.75) is 51.7 Å². The fraction of sp³-hybridized carbons (Fsp3) is 0.333. The highest BCUT2D eigenvalue weighted by Gasteiger charge is 2.31. The second kappa shape index (κ2) is 14.5. The van der Waals surface area contributed by atoms with Gasteiger partial charge in [-0.05, 0) is 55.7 Å². The van der Waals surface area contributed by atoms with E-state index in [1.165, 1.54) is 11.0 Å². The summed E-state index contributed by atoms with van der Waals surface area (Å²) in [5.41, 5.74) is 1.65. The first kappa shape index (κ1) is 32.2. The van der Waals surface area contributed by atoms with Gasteiger partial charge in [0.05, 0.1) is 11.9 Å². The van der Waals surface area contributed by atoms with E-state index >= 15 is 0 Å². The lowest BCUT2D eigenvalue weighted by Crippen LogP contribution is -2.51. The molecular formula is C30H34BrF2N3O4S. The summed E-state index contributed by atoms with van der Waals surface area (Å²) in [7, 11) is -3.85. The van der Waals surface area contributed by atoms with Crippen LogP contribution in [0.25, 0.3) is 0 Å². The third kappa shape index (κ3) is 9.64. The highest BCUT2D eigenvalue weighted by Crippen LogP contribution is 2.23. The zero-order valence-electron chi connectivity index (χ0n) is 23.2. The summed E-state index contributed by atoms with van der Waals surface area (Å²) in [6.07, 6.45) is 1.25. The summed E-state index contributed by atoms with van der Waals surface area (Å²) in [6, 6.07) is 18.7. The molecule has 0 aromatic heterocycles. The van der Waals surface area contributed by atoms with Gasteiger partial charge in [0, 0.05) is 42.5 Å². The Bertz CT molecular complexity index is 1460. The monoisotopic (exact) mass is 649 g/mol. The highest BCUT2D eigenvalue weighted by atomic mass is 79.9. The van der Waals surface area contributed by atoms with E-state index in [1.54, 1.807) is 0 Å². The van der Waals surface area contributed by atoms with E-state index in [1.807, 2.05) is 68.4 Å². The minimum Gasteiger partial charge on any atom is -0.352 e. The maximum absolute atomic E-state index is 13.9. The maximum Gasteiger partial charge on any atom is 0.243 e. The van der Waals surface area contributed by atoms with Crippen LogP contribution in [-0.2, 0) is 32.6 Å². The number of nitrogens with zero attached hydrogens (tertiary/aromatic N) is 2. The molecule has 0 saturated carbocycles. The van der Waals surface area contributed by atoms with E-state index in [0.29, 0.717) is 0 Å². The average Bonchev–Trinajstić information content (AvgIpc) is 2.89. The van der Waals surface area contributed by atoms with Gasteiger partial charge in [-0.2, -0.15) is 0 Å². The first-order valence-electron chi connectivity index (χ1n) is 13.2. The number of carbonyl (C=O) groups excluding carboxylic acids is 2. The van der Waals surface area contributed by atoms with Crippen molar-refractivity contribution < 1.29 is 26.8 Å². The first-order chi connectivity index (χ1) is 19.3. The Morgan fingerprint density at radius 1 is 0.927 bits per heavy atom. The lowest BCUT2D eigenvalue weighted by atomic mass is 10.0. The minimum atomic E-state index is -3.85. The minimum absolute atomic E-state index is 0.0388. The number of sulfonamides is 1. The number of hydrogen-bond acceptors (Lipinski definition) is 4. The molecule has 2 amide bonds. The molecule has 0 saturated heterocycles. The van der Waals surface area contributed by atoms with Gasteiger partial charge in [0.1, 0.15) is 6.04 Å². The average molecular weight is 651 g/mol. The Balaban J connectivity index is 1.89. The quantitative estimate of drug-likeness (QED) is 0.267. The molecule has 0 aliphatic heterocycles. The van der Waals surface area contributed by atoms with Crippen molar-refractivity contribution in [3.05, 3.63) is 100 Å². The molecule has 0 heterocycles. The van der Waals surface area contributed by atoms with Crippen LogP contribution < -0.4 is 9.62 Å². The Morgan fingerprint density at radius 2 is 1.61 bits per heavy atom. The zero-order valence-corrected chi connectivity index (χ0v) is 25.6. The fourth-order valence-electron chi connectivity index (χ4n) is 4.41. The maximum atomic E-state index is 13.9. The topological polar surface area (TPSA) is 86.8 Å². The number of halogens is 3. The lowest BCUT2D eigenvalue weighted by molar-refractivity contribution is -0.141. The molecule has 0 fully saturated rings. The molecule has 0 aliphatic carbocycles. The number of nitrogens with one attached hydrogen (secondary N) is 1. The normalized spacial score (nSPS) is 12.2. The van der Waals surface area contributed by atoms with Gasteiger partial charge in [-0.3, -0.25) is 13.9 Å². The zero-order chi connectivity index (χ0) is 30.2. The van der Waals surface area contributed by atoms with Gasteiger partial charge < -0.3 is 10.2 Å². The molecule has 3 aromatic carbocycles. The van der Waals surface area contributed by atoms with Crippen LogP contribution in [0.1, 0.15) is 37.8 Å². The predicted molar refractivity (Wildman–Crippen MR) is 160 cm³/mol. The van der Waals surface area contributed by atoms with Gasteiger partial charge >= 0.3 is 0 Å². The Hall–Kier alpha value is -3.31. The molecule has 0 aliphatic rings. The molecule has 1 atom stereocenters. The van der Waals surface area contributed by atoms with Crippen molar-refractivity contribution in [2.24, 2.45) is 0 Å². The van der Waals surface area contributed by atoms with Gasteiger partial charge in [-0.15, -0.1) is 0 Å². The van der Waals surface area contributed by atoms with E-state index in [2.05, 4.69) is 21.2 Å².